The summed E-state index contributed by atoms with van der Waals surface area (Å²) in [6, 6.07) is 8.65. The summed E-state index contributed by atoms with van der Waals surface area (Å²) in [7, 11) is 3.35. The molecule has 0 bridgehead atoms. The van der Waals surface area contributed by atoms with Gasteiger partial charge in [0.1, 0.15) is 0 Å². The largest absolute Gasteiger partial charge is 0.356 e. The van der Waals surface area contributed by atoms with E-state index in [0.29, 0.717) is 6.54 Å². The van der Waals surface area contributed by atoms with Gasteiger partial charge in [0.05, 0.1) is 0 Å². The van der Waals surface area contributed by atoms with E-state index in [4.69, 9.17) is 15.2 Å². The van der Waals surface area contributed by atoms with Gasteiger partial charge in [-0.3, -0.25) is 4.90 Å². The highest BCUT2D eigenvalue weighted by Gasteiger charge is 2.35. The molecular weight excluding hydrogens is 252 g/mol. The second-order valence-corrected chi connectivity index (χ2v) is 5.75. The number of fused-ring (bicyclic) bond motifs is 1. The van der Waals surface area contributed by atoms with Crippen molar-refractivity contribution in [2.75, 3.05) is 27.3 Å². The van der Waals surface area contributed by atoms with Crippen LogP contribution in [-0.2, 0) is 22.4 Å². The number of ether oxygens (including phenoxy) is 2. The van der Waals surface area contributed by atoms with E-state index in [2.05, 4.69) is 36.1 Å². The molecule has 1 aromatic rings. The predicted molar refractivity (Wildman–Crippen MR) is 80.4 cm³/mol. The summed E-state index contributed by atoms with van der Waals surface area (Å²) in [5.41, 5.74) is 8.82. The van der Waals surface area contributed by atoms with Crippen LogP contribution in [-0.4, -0.2) is 44.0 Å². The first kappa shape index (κ1) is 15.4. The molecule has 2 rings (SSSR count). The van der Waals surface area contributed by atoms with Crippen LogP contribution in [0.2, 0.25) is 0 Å². The Bertz CT molecular complexity index is 434. The van der Waals surface area contributed by atoms with Crippen molar-refractivity contribution in [2.24, 2.45) is 5.73 Å². The molecule has 0 fully saturated rings. The first-order chi connectivity index (χ1) is 9.62. The van der Waals surface area contributed by atoms with Crippen LogP contribution < -0.4 is 5.73 Å². The van der Waals surface area contributed by atoms with Crippen molar-refractivity contribution in [3.63, 3.8) is 0 Å². The average molecular weight is 278 g/mol. The van der Waals surface area contributed by atoms with Crippen molar-refractivity contribution in [1.82, 2.24) is 4.90 Å². The van der Waals surface area contributed by atoms with Crippen molar-refractivity contribution in [3.8, 4) is 0 Å². The highest BCUT2D eigenvalue weighted by Crippen LogP contribution is 2.28. The summed E-state index contributed by atoms with van der Waals surface area (Å²) in [4.78, 5) is 2.46. The van der Waals surface area contributed by atoms with E-state index in [0.717, 1.165) is 25.9 Å². The highest BCUT2D eigenvalue weighted by atomic mass is 16.7. The van der Waals surface area contributed by atoms with Crippen molar-refractivity contribution < 1.29 is 9.47 Å². The van der Waals surface area contributed by atoms with E-state index in [1.54, 1.807) is 14.2 Å². The third-order valence-electron chi connectivity index (χ3n) is 4.47. The maximum atomic E-state index is 6.06. The molecule has 20 heavy (non-hydrogen) atoms. The summed E-state index contributed by atoms with van der Waals surface area (Å²) in [5, 5.41) is 0. The summed E-state index contributed by atoms with van der Waals surface area (Å²) in [6.45, 7) is 4.78. The predicted octanol–water partition coefficient (Wildman–Crippen LogP) is 1.77. The van der Waals surface area contributed by atoms with E-state index >= 15 is 0 Å². The third-order valence-corrected chi connectivity index (χ3v) is 4.47. The normalized spacial score (nSPS) is 18.9. The van der Waals surface area contributed by atoms with Crippen LogP contribution in [0.15, 0.2) is 24.3 Å². The third kappa shape index (κ3) is 3.20. The fourth-order valence-electron chi connectivity index (χ4n) is 2.92. The number of benzene rings is 1. The highest BCUT2D eigenvalue weighted by molar-refractivity contribution is 5.29. The SMILES string of the molecule is COC(CC(C)(CN)N1CCc2ccccc2C1)OC. The smallest absolute Gasteiger partial charge is 0.158 e. The molecule has 2 N–H and O–H groups in total. The Morgan fingerprint density at radius 3 is 2.50 bits per heavy atom. The summed E-state index contributed by atoms with van der Waals surface area (Å²) < 4.78 is 10.7. The standard InChI is InChI=1S/C16H26N2O2/c1-16(12-17,10-15(19-2)20-3)18-9-8-13-6-4-5-7-14(13)11-18/h4-7,15H,8-12,17H2,1-3H3. The second kappa shape index (κ2) is 6.68. The molecule has 4 heteroatoms. The Balaban J connectivity index is 2.12. The molecule has 1 heterocycles. The van der Waals surface area contributed by atoms with Gasteiger partial charge in [0.25, 0.3) is 0 Å². The minimum atomic E-state index is -0.208. The van der Waals surface area contributed by atoms with Crippen LogP contribution in [0.5, 0.6) is 0 Å². The maximum absolute atomic E-state index is 6.06. The van der Waals surface area contributed by atoms with Crippen molar-refractivity contribution in [2.45, 2.75) is 38.1 Å². The fraction of sp³-hybridized carbons (Fsp3) is 0.625. The van der Waals surface area contributed by atoms with Gasteiger partial charge in [0.2, 0.25) is 0 Å². The Labute approximate surface area is 121 Å². The first-order valence-electron chi connectivity index (χ1n) is 7.20. The lowest BCUT2D eigenvalue weighted by molar-refractivity contribution is -0.129. The number of nitrogens with two attached hydrogens (primary N) is 1. The molecular formula is C16H26N2O2. The number of methoxy groups -OCH3 is 2. The van der Waals surface area contributed by atoms with E-state index in [9.17, 15) is 0 Å². The quantitative estimate of drug-likeness (QED) is 0.806. The van der Waals surface area contributed by atoms with Crippen LogP contribution >= 0.6 is 0 Å². The molecule has 0 aromatic heterocycles. The van der Waals surface area contributed by atoms with Gasteiger partial charge in [0, 0.05) is 45.8 Å². The van der Waals surface area contributed by atoms with Crippen LogP contribution in [0.4, 0.5) is 0 Å². The van der Waals surface area contributed by atoms with Crippen LogP contribution in [0.3, 0.4) is 0 Å². The zero-order valence-electron chi connectivity index (χ0n) is 12.8. The van der Waals surface area contributed by atoms with Gasteiger partial charge in [-0.05, 0) is 24.5 Å². The Kier molecular flexibility index (Phi) is 5.16. The maximum Gasteiger partial charge on any atom is 0.158 e. The molecule has 0 aliphatic carbocycles. The summed E-state index contributed by atoms with van der Waals surface area (Å²) in [6.07, 6.45) is 1.65. The molecule has 1 aliphatic heterocycles. The Morgan fingerprint density at radius 2 is 1.90 bits per heavy atom. The molecule has 0 spiro atoms. The molecule has 0 saturated carbocycles. The van der Waals surface area contributed by atoms with E-state index in [1.165, 1.54) is 11.1 Å². The number of hydrogen-bond acceptors (Lipinski definition) is 4. The van der Waals surface area contributed by atoms with Crippen LogP contribution in [0.25, 0.3) is 0 Å². The van der Waals surface area contributed by atoms with Gasteiger partial charge in [-0.1, -0.05) is 24.3 Å². The number of nitrogens with zero attached hydrogens (tertiary/aromatic N) is 1. The van der Waals surface area contributed by atoms with Crippen LogP contribution in [0, 0.1) is 0 Å². The molecule has 1 aliphatic rings. The molecule has 0 radical (unpaired) electrons. The van der Waals surface area contributed by atoms with E-state index in [-0.39, 0.29) is 11.8 Å². The van der Waals surface area contributed by atoms with Crippen molar-refractivity contribution in [3.05, 3.63) is 35.4 Å². The lowest BCUT2D eigenvalue weighted by Crippen LogP contribution is -2.55. The molecule has 4 nitrogen and oxygen atoms in total. The molecule has 1 unspecified atom stereocenters. The molecule has 0 saturated heterocycles. The Hall–Kier alpha value is -0.940. The lowest BCUT2D eigenvalue weighted by atomic mass is 9.90. The minimum absolute atomic E-state index is 0.107. The van der Waals surface area contributed by atoms with Crippen LogP contribution in [0.1, 0.15) is 24.5 Å². The van der Waals surface area contributed by atoms with Crippen molar-refractivity contribution in [1.29, 1.82) is 0 Å². The molecule has 1 aromatic carbocycles. The fourth-order valence-corrected chi connectivity index (χ4v) is 2.92. The lowest BCUT2D eigenvalue weighted by Gasteiger charge is -2.44. The van der Waals surface area contributed by atoms with E-state index in [1.807, 2.05) is 0 Å². The first-order valence-corrected chi connectivity index (χ1v) is 7.20. The summed E-state index contributed by atoms with van der Waals surface area (Å²) in [5.74, 6) is 0. The Morgan fingerprint density at radius 1 is 1.25 bits per heavy atom. The topological polar surface area (TPSA) is 47.7 Å². The molecule has 1 atom stereocenters. The minimum Gasteiger partial charge on any atom is -0.356 e. The molecule has 0 amide bonds. The van der Waals surface area contributed by atoms with Gasteiger partial charge in [0.15, 0.2) is 6.29 Å². The van der Waals surface area contributed by atoms with Gasteiger partial charge in [-0.2, -0.15) is 0 Å². The van der Waals surface area contributed by atoms with Gasteiger partial charge in [-0.15, -0.1) is 0 Å². The number of rotatable bonds is 6. The monoisotopic (exact) mass is 278 g/mol. The van der Waals surface area contributed by atoms with E-state index < -0.39 is 0 Å². The van der Waals surface area contributed by atoms with Crippen molar-refractivity contribution >= 4 is 0 Å². The van der Waals surface area contributed by atoms with Gasteiger partial charge >= 0.3 is 0 Å². The zero-order chi connectivity index (χ0) is 14.6. The molecule has 112 valence electrons. The van der Waals surface area contributed by atoms with Gasteiger partial charge < -0.3 is 15.2 Å². The summed E-state index contributed by atoms with van der Waals surface area (Å²) >= 11 is 0. The number of hydrogen-bond donors (Lipinski definition) is 1. The zero-order valence-corrected chi connectivity index (χ0v) is 12.8. The average Bonchev–Trinajstić information content (AvgIpc) is 2.51. The second-order valence-electron chi connectivity index (χ2n) is 5.75. The van der Waals surface area contributed by atoms with Gasteiger partial charge in [-0.25, -0.2) is 0 Å².